The highest BCUT2D eigenvalue weighted by molar-refractivity contribution is 7.18. The van der Waals surface area contributed by atoms with Crippen molar-refractivity contribution in [1.82, 2.24) is 15.3 Å². The number of amides is 1. The van der Waals surface area contributed by atoms with Crippen molar-refractivity contribution >= 4 is 39.4 Å². The van der Waals surface area contributed by atoms with Gasteiger partial charge in [-0.2, -0.15) is 18.2 Å². The first-order chi connectivity index (χ1) is 14.8. The number of nitrogens with one attached hydrogen (secondary N) is 2. The smallest absolute Gasteiger partial charge is 0.407 e. The van der Waals surface area contributed by atoms with Crippen LogP contribution in [0.5, 0.6) is 0 Å². The highest BCUT2D eigenvalue weighted by Crippen LogP contribution is 2.48. The zero-order valence-electron chi connectivity index (χ0n) is 18.6. The van der Waals surface area contributed by atoms with E-state index >= 15 is 0 Å². The van der Waals surface area contributed by atoms with E-state index in [-0.39, 0.29) is 16.3 Å². The van der Waals surface area contributed by atoms with Crippen molar-refractivity contribution in [2.24, 2.45) is 5.41 Å². The first-order valence-electron chi connectivity index (χ1n) is 10.6. The Labute approximate surface area is 188 Å². The lowest BCUT2D eigenvalue weighted by atomic mass is 9.78. The summed E-state index contributed by atoms with van der Waals surface area (Å²) < 4.78 is 44.0. The van der Waals surface area contributed by atoms with Crippen LogP contribution in [0.2, 0.25) is 0 Å². The van der Waals surface area contributed by atoms with Crippen molar-refractivity contribution in [3.63, 3.8) is 0 Å². The molecule has 1 spiro atoms. The van der Waals surface area contributed by atoms with Gasteiger partial charge < -0.3 is 20.3 Å². The van der Waals surface area contributed by atoms with Crippen molar-refractivity contribution in [3.05, 3.63) is 10.9 Å². The van der Waals surface area contributed by atoms with Gasteiger partial charge in [-0.15, -0.1) is 11.3 Å². The second kappa shape index (κ2) is 7.93. The number of anilines is 2. The Bertz CT molecular complexity index is 1010. The van der Waals surface area contributed by atoms with Crippen LogP contribution in [0, 0.1) is 5.41 Å². The predicted octanol–water partition coefficient (Wildman–Crippen LogP) is 4.72. The predicted molar refractivity (Wildman–Crippen MR) is 118 cm³/mol. The number of hydrogen-bond acceptors (Lipinski definition) is 7. The first-order valence-corrected chi connectivity index (χ1v) is 11.5. The van der Waals surface area contributed by atoms with E-state index in [1.54, 1.807) is 13.1 Å². The number of fused-ring (bicyclic) bond motifs is 1. The molecule has 0 bridgehead atoms. The number of carbonyl (C=O) groups excluding carboxylic acids is 1. The molecule has 176 valence electrons. The zero-order valence-corrected chi connectivity index (χ0v) is 19.4. The van der Waals surface area contributed by atoms with Crippen LogP contribution >= 0.6 is 11.3 Å². The summed E-state index contributed by atoms with van der Waals surface area (Å²) in [5.74, 6) is 1.06. The molecule has 2 aliphatic rings. The van der Waals surface area contributed by atoms with Gasteiger partial charge >= 0.3 is 12.3 Å². The van der Waals surface area contributed by atoms with Gasteiger partial charge in [0.05, 0.1) is 11.8 Å². The summed E-state index contributed by atoms with van der Waals surface area (Å²) >= 11 is 1.06. The normalized spacial score (nSPS) is 20.5. The maximum Gasteiger partial charge on any atom is 0.407 e. The molecule has 1 aliphatic heterocycles. The topological polar surface area (TPSA) is 79.4 Å². The Morgan fingerprint density at radius 3 is 2.66 bits per heavy atom. The molecule has 7 nitrogen and oxygen atoms in total. The summed E-state index contributed by atoms with van der Waals surface area (Å²) in [6.45, 7) is 7.00. The fourth-order valence-corrected chi connectivity index (χ4v) is 5.65. The van der Waals surface area contributed by atoms with E-state index in [4.69, 9.17) is 4.74 Å². The standard InChI is InChI=1S/C21H28F3N5O2S/c1-19(2,3)31-18(30)26-12-5-6-20(8-12)10-29(11-20)15-14-7-13(9-21(22,23)24)32-16(14)28-17(25-4)27-15/h7,12H,5-6,8-11H2,1-4H3,(H,26,30)(H,25,27,28). The number of thiophene rings is 1. The summed E-state index contributed by atoms with van der Waals surface area (Å²) in [4.78, 5) is 23.9. The second-order valence-electron chi connectivity index (χ2n) is 9.79. The van der Waals surface area contributed by atoms with Crippen molar-refractivity contribution in [3.8, 4) is 0 Å². The highest BCUT2D eigenvalue weighted by atomic mass is 32.1. The van der Waals surface area contributed by atoms with E-state index in [0.29, 0.717) is 22.0 Å². The van der Waals surface area contributed by atoms with Gasteiger partial charge in [0.1, 0.15) is 16.2 Å². The molecule has 1 saturated heterocycles. The van der Waals surface area contributed by atoms with Crippen LogP contribution in [0.4, 0.5) is 29.7 Å². The molecule has 3 heterocycles. The largest absolute Gasteiger partial charge is 0.444 e. The fourth-order valence-electron chi connectivity index (χ4n) is 4.60. The minimum atomic E-state index is -4.26. The van der Waals surface area contributed by atoms with Gasteiger partial charge in [-0.25, -0.2) is 9.78 Å². The lowest BCUT2D eigenvalue weighted by Gasteiger charge is -2.49. The highest BCUT2D eigenvalue weighted by Gasteiger charge is 2.49. The van der Waals surface area contributed by atoms with Gasteiger partial charge in [0.2, 0.25) is 5.95 Å². The minimum absolute atomic E-state index is 0.0600. The maximum absolute atomic E-state index is 12.9. The number of alkyl halides is 3. The van der Waals surface area contributed by atoms with E-state index in [1.807, 2.05) is 20.8 Å². The van der Waals surface area contributed by atoms with Crippen LogP contribution in [0.15, 0.2) is 6.07 Å². The summed E-state index contributed by atoms with van der Waals surface area (Å²) in [7, 11) is 1.69. The number of carbonyl (C=O) groups is 1. The Balaban J connectivity index is 1.46. The molecule has 1 unspecified atom stereocenters. The minimum Gasteiger partial charge on any atom is -0.444 e. The van der Waals surface area contributed by atoms with Crippen molar-refractivity contribution in [1.29, 1.82) is 0 Å². The number of hydrogen-bond donors (Lipinski definition) is 2. The van der Waals surface area contributed by atoms with Gasteiger partial charge in [0.25, 0.3) is 0 Å². The molecule has 1 saturated carbocycles. The van der Waals surface area contributed by atoms with Gasteiger partial charge in [-0.1, -0.05) is 0 Å². The fraction of sp³-hybridized carbons (Fsp3) is 0.667. The van der Waals surface area contributed by atoms with Gasteiger partial charge in [-0.05, 0) is 46.1 Å². The Morgan fingerprint density at radius 1 is 1.31 bits per heavy atom. The van der Waals surface area contributed by atoms with Crippen molar-refractivity contribution in [2.75, 3.05) is 30.4 Å². The van der Waals surface area contributed by atoms with E-state index in [1.165, 1.54) is 0 Å². The van der Waals surface area contributed by atoms with Crippen molar-refractivity contribution in [2.45, 2.75) is 64.3 Å². The SMILES string of the molecule is CNc1nc(N2CC3(CCC(NC(=O)OC(C)(C)C)C3)C2)c2cc(CC(F)(F)F)sc2n1. The number of rotatable bonds is 4. The third-order valence-corrected chi connectivity index (χ3v) is 6.83. The zero-order chi connectivity index (χ0) is 23.3. The molecular formula is C21H28F3N5O2S. The molecular weight excluding hydrogens is 443 g/mol. The molecule has 1 amide bonds. The second-order valence-corrected chi connectivity index (χ2v) is 10.9. The molecule has 32 heavy (non-hydrogen) atoms. The first kappa shape index (κ1) is 22.9. The van der Waals surface area contributed by atoms with E-state index in [2.05, 4.69) is 25.5 Å². The maximum atomic E-state index is 12.9. The number of ether oxygens (including phenoxy) is 1. The third kappa shape index (κ3) is 5.02. The molecule has 11 heteroatoms. The average molecular weight is 472 g/mol. The average Bonchev–Trinajstić information content (AvgIpc) is 3.19. The quantitative estimate of drug-likeness (QED) is 0.672. The molecule has 1 aliphatic carbocycles. The Morgan fingerprint density at radius 2 is 2.03 bits per heavy atom. The van der Waals surface area contributed by atoms with Gasteiger partial charge in [0, 0.05) is 36.5 Å². The summed E-state index contributed by atoms with van der Waals surface area (Å²) in [6.07, 6.45) is -2.94. The number of nitrogens with zero attached hydrogens (tertiary/aromatic N) is 3. The number of halogens is 3. The Hall–Kier alpha value is -2.30. The van der Waals surface area contributed by atoms with E-state index < -0.39 is 24.3 Å². The molecule has 0 aromatic carbocycles. The van der Waals surface area contributed by atoms with Crippen LogP contribution in [0.1, 0.15) is 44.9 Å². The molecule has 2 aromatic heterocycles. The Kier molecular flexibility index (Phi) is 5.67. The van der Waals surface area contributed by atoms with E-state index in [9.17, 15) is 18.0 Å². The van der Waals surface area contributed by atoms with Crippen LogP contribution in [0.25, 0.3) is 10.2 Å². The van der Waals surface area contributed by atoms with Gasteiger partial charge in [0.15, 0.2) is 0 Å². The molecule has 2 N–H and O–H groups in total. The van der Waals surface area contributed by atoms with Crippen LogP contribution in [-0.2, 0) is 11.2 Å². The van der Waals surface area contributed by atoms with E-state index in [0.717, 1.165) is 43.7 Å². The van der Waals surface area contributed by atoms with Crippen LogP contribution in [0.3, 0.4) is 0 Å². The number of alkyl carbamates (subject to hydrolysis) is 1. The monoisotopic (exact) mass is 471 g/mol. The van der Waals surface area contributed by atoms with Gasteiger partial charge in [-0.3, -0.25) is 0 Å². The molecule has 4 rings (SSSR count). The van der Waals surface area contributed by atoms with Crippen LogP contribution in [-0.4, -0.2) is 54.0 Å². The molecule has 2 aromatic rings. The molecule has 1 atom stereocenters. The molecule has 0 radical (unpaired) electrons. The number of aromatic nitrogens is 2. The van der Waals surface area contributed by atoms with Crippen molar-refractivity contribution < 1.29 is 22.7 Å². The molecule has 2 fully saturated rings. The lowest BCUT2D eigenvalue weighted by molar-refractivity contribution is -0.126. The lowest BCUT2D eigenvalue weighted by Crippen LogP contribution is -2.56. The third-order valence-electron chi connectivity index (χ3n) is 5.80. The summed E-state index contributed by atoms with van der Waals surface area (Å²) in [6, 6.07) is 1.62. The summed E-state index contributed by atoms with van der Waals surface area (Å²) in [5, 5.41) is 6.53. The summed E-state index contributed by atoms with van der Waals surface area (Å²) in [5.41, 5.74) is -0.468. The van der Waals surface area contributed by atoms with Crippen LogP contribution < -0.4 is 15.5 Å².